The second kappa shape index (κ2) is 8.49. The molecule has 1 aliphatic rings. The number of sulfonamides is 1. The molecule has 2 aromatic rings. The lowest BCUT2D eigenvalue weighted by Gasteiger charge is -2.25. The molecule has 0 unspecified atom stereocenters. The number of hydrogen-bond acceptors (Lipinski definition) is 6. The lowest BCUT2D eigenvalue weighted by molar-refractivity contribution is 0.0526. The van der Waals surface area contributed by atoms with Crippen LogP contribution < -0.4 is 5.32 Å². The Bertz CT molecular complexity index is 874. The monoisotopic (exact) mass is 389 g/mol. The van der Waals surface area contributed by atoms with E-state index in [1.54, 1.807) is 43.3 Å². The summed E-state index contributed by atoms with van der Waals surface area (Å²) in [5, 5.41) is 3.09. The Morgan fingerprint density at radius 2 is 1.81 bits per heavy atom. The van der Waals surface area contributed by atoms with Crippen molar-refractivity contribution in [2.24, 2.45) is 0 Å². The summed E-state index contributed by atoms with van der Waals surface area (Å²) in [4.78, 5) is 16.1. The minimum atomic E-state index is -3.48. The van der Waals surface area contributed by atoms with Crippen LogP contribution in [0, 0.1) is 0 Å². The average Bonchev–Trinajstić information content (AvgIpc) is 2.70. The molecule has 1 saturated heterocycles. The number of esters is 1. The van der Waals surface area contributed by atoms with Gasteiger partial charge in [0.15, 0.2) is 0 Å². The maximum absolute atomic E-state index is 12.6. The molecule has 0 bridgehead atoms. The predicted octanol–water partition coefficient (Wildman–Crippen LogP) is 3.18. The van der Waals surface area contributed by atoms with E-state index in [-0.39, 0.29) is 10.9 Å². The van der Waals surface area contributed by atoms with Crippen LogP contribution in [-0.4, -0.2) is 43.4 Å². The second-order valence-corrected chi connectivity index (χ2v) is 8.20. The maximum atomic E-state index is 12.6. The quantitative estimate of drug-likeness (QED) is 0.764. The van der Waals surface area contributed by atoms with Crippen LogP contribution in [0.25, 0.3) is 0 Å². The zero-order chi connectivity index (χ0) is 19.3. The largest absolute Gasteiger partial charge is 0.462 e. The van der Waals surface area contributed by atoms with Crippen molar-refractivity contribution in [2.75, 3.05) is 25.0 Å². The SMILES string of the molecule is CCOC(=O)c1ccc(Nc2ccc(S(=O)(=O)N3CCCCC3)cn2)cc1. The molecule has 1 N–H and O–H groups in total. The van der Waals surface area contributed by atoms with E-state index in [2.05, 4.69) is 10.3 Å². The second-order valence-electron chi connectivity index (χ2n) is 6.27. The van der Waals surface area contributed by atoms with Gasteiger partial charge in [0, 0.05) is 25.0 Å². The number of benzene rings is 1. The van der Waals surface area contributed by atoms with Gasteiger partial charge in [-0.2, -0.15) is 4.31 Å². The Hall–Kier alpha value is -2.45. The molecule has 8 heteroatoms. The van der Waals surface area contributed by atoms with Crippen LogP contribution >= 0.6 is 0 Å². The number of piperidine rings is 1. The van der Waals surface area contributed by atoms with Crippen LogP contribution in [0.1, 0.15) is 36.5 Å². The van der Waals surface area contributed by atoms with Crippen molar-refractivity contribution in [3.05, 3.63) is 48.2 Å². The third kappa shape index (κ3) is 4.64. The number of carbonyl (C=O) groups excluding carboxylic acids is 1. The van der Waals surface area contributed by atoms with E-state index in [1.807, 2.05) is 0 Å². The van der Waals surface area contributed by atoms with E-state index in [1.165, 1.54) is 10.5 Å². The van der Waals surface area contributed by atoms with Gasteiger partial charge in [-0.1, -0.05) is 6.42 Å². The fourth-order valence-electron chi connectivity index (χ4n) is 2.91. The highest BCUT2D eigenvalue weighted by molar-refractivity contribution is 7.89. The molecule has 1 aliphatic heterocycles. The molecular weight excluding hydrogens is 366 g/mol. The summed E-state index contributed by atoms with van der Waals surface area (Å²) in [5.41, 5.74) is 1.21. The molecule has 1 aromatic heterocycles. The zero-order valence-corrected chi connectivity index (χ0v) is 16.0. The van der Waals surface area contributed by atoms with Gasteiger partial charge in [0.1, 0.15) is 10.7 Å². The van der Waals surface area contributed by atoms with Crippen molar-refractivity contribution in [3.63, 3.8) is 0 Å². The van der Waals surface area contributed by atoms with Crippen molar-refractivity contribution < 1.29 is 17.9 Å². The number of carbonyl (C=O) groups is 1. The number of rotatable bonds is 6. The molecular formula is C19H23N3O4S. The van der Waals surface area contributed by atoms with Crippen LogP contribution in [-0.2, 0) is 14.8 Å². The highest BCUT2D eigenvalue weighted by Gasteiger charge is 2.26. The summed E-state index contributed by atoms with van der Waals surface area (Å²) in [5.74, 6) is 0.158. The number of nitrogens with one attached hydrogen (secondary N) is 1. The van der Waals surface area contributed by atoms with E-state index in [9.17, 15) is 13.2 Å². The van der Waals surface area contributed by atoms with Crippen LogP contribution in [0.15, 0.2) is 47.5 Å². The maximum Gasteiger partial charge on any atom is 0.338 e. The van der Waals surface area contributed by atoms with E-state index in [0.717, 1.165) is 24.9 Å². The molecule has 3 rings (SSSR count). The Kier molecular flexibility index (Phi) is 6.08. The summed E-state index contributed by atoms with van der Waals surface area (Å²) in [7, 11) is -3.48. The minimum Gasteiger partial charge on any atom is -0.462 e. The molecule has 27 heavy (non-hydrogen) atoms. The number of hydrogen-bond donors (Lipinski definition) is 1. The molecule has 0 saturated carbocycles. The summed E-state index contributed by atoms with van der Waals surface area (Å²) >= 11 is 0. The van der Waals surface area contributed by atoms with Crippen molar-refractivity contribution in [3.8, 4) is 0 Å². The molecule has 144 valence electrons. The lowest BCUT2D eigenvalue weighted by Crippen LogP contribution is -2.35. The molecule has 1 aromatic carbocycles. The number of pyridine rings is 1. The fourth-order valence-corrected chi connectivity index (χ4v) is 4.38. The normalized spacial score (nSPS) is 15.3. The van der Waals surface area contributed by atoms with Crippen molar-refractivity contribution in [2.45, 2.75) is 31.1 Å². The fraction of sp³-hybridized carbons (Fsp3) is 0.368. The van der Waals surface area contributed by atoms with Crippen LogP contribution in [0.2, 0.25) is 0 Å². The highest BCUT2D eigenvalue weighted by atomic mass is 32.2. The summed E-state index contributed by atoms with van der Waals surface area (Å²) < 4.78 is 31.7. The third-order valence-corrected chi connectivity index (χ3v) is 6.24. The average molecular weight is 389 g/mol. The predicted molar refractivity (Wildman–Crippen MR) is 103 cm³/mol. The van der Waals surface area contributed by atoms with Crippen LogP contribution in [0.5, 0.6) is 0 Å². The third-order valence-electron chi connectivity index (χ3n) is 4.36. The Labute approximate surface area is 159 Å². The molecule has 0 radical (unpaired) electrons. The molecule has 7 nitrogen and oxygen atoms in total. The smallest absolute Gasteiger partial charge is 0.338 e. The van der Waals surface area contributed by atoms with Crippen LogP contribution in [0.4, 0.5) is 11.5 Å². The molecule has 0 amide bonds. The first-order chi connectivity index (χ1) is 13.0. The number of ether oxygens (including phenoxy) is 1. The van der Waals surface area contributed by atoms with Gasteiger partial charge in [-0.25, -0.2) is 18.2 Å². The Balaban J connectivity index is 1.68. The standard InChI is InChI=1S/C19H23N3O4S/c1-2-26-19(23)15-6-8-16(9-7-15)21-18-11-10-17(14-20-18)27(24,25)22-12-4-3-5-13-22/h6-11,14H,2-5,12-13H2,1H3,(H,20,21). The summed E-state index contributed by atoms with van der Waals surface area (Å²) in [6, 6.07) is 10.0. The van der Waals surface area contributed by atoms with E-state index in [4.69, 9.17) is 4.74 Å². The van der Waals surface area contributed by atoms with Gasteiger partial charge in [0.25, 0.3) is 0 Å². The van der Waals surface area contributed by atoms with Gasteiger partial charge in [-0.05, 0) is 56.2 Å². The number of nitrogens with zero attached hydrogens (tertiary/aromatic N) is 2. The van der Waals surface area contributed by atoms with Gasteiger partial charge < -0.3 is 10.1 Å². The van der Waals surface area contributed by atoms with Gasteiger partial charge >= 0.3 is 5.97 Å². The summed E-state index contributed by atoms with van der Waals surface area (Å²) in [6.07, 6.45) is 4.24. The van der Waals surface area contributed by atoms with E-state index < -0.39 is 10.0 Å². The number of anilines is 2. The topological polar surface area (TPSA) is 88.6 Å². The first-order valence-corrected chi connectivity index (χ1v) is 10.4. The molecule has 2 heterocycles. The Morgan fingerprint density at radius 1 is 1.11 bits per heavy atom. The highest BCUT2D eigenvalue weighted by Crippen LogP contribution is 2.22. The molecule has 0 aliphatic carbocycles. The van der Waals surface area contributed by atoms with Crippen LogP contribution in [0.3, 0.4) is 0 Å². The summed E-state index contributed by atoms with van der Waals surface area (Å²) in [6.45, 7) is 3.22. The van der Waals surface area contributed by atoms with Crippen molar-refractivity contribution >= 4 is 27.5 Å². The first kappa shape index (κ1) is 19.3. The van der Waals surface area contributed by atoms with Crippen molar-refractivity contribution in [1.82, 2.24) is 9.29 Å². The molecule has 0 spiro atoms. The van der Waals surface area contributed by atoms with E-state index in [0.29, 0.717) is 31.1 Å². The van der Waals surface area contributed by atoms with Gasteiger partial charge in [-0.3, -0.25) is 0 Å². The molecule has 1 fully saturated rings. The van der Waals surface area contributed by atoms with Gasteiger partial charge in [0.2, 0.25) is 10.0 Å². The minimum absolute atomic E-state index is 0.201. The van der Waals surface area contributed by atoms with E-state index >= 15 is 0 Å². The van der Waals surface area contributed by atoms with Gasteiger partial charge in [-0.15, -0.1) is 0 Å². The van der Waals surface area contributed by atoms with Crippen molar-refractivity contribution in [1.29, 1.82) is 0 Å². The molecule has 0 atom stereocenters. The first-order valence-electron chi connectivity index (χ1n) is 9.01. The van der Waals surface area contributed by atoms with Gasteiger partial charge in [0.05, 0.1) is 12.2 Å². The Morgan fingerprint density at radius 3 is 2.41 bits per heavy atom. The lowest BCUT2D eigenvalue weighted by atomic mass is 10.2. The zero-order valence-electron chi connectivity index (χ0n) is 15.2. The number of aromatic nitrogens is 1.